The molecule has 10 heteroatoms. The summed E-state index contributed by atoms with van der Waals surface area (Å²) in [4.78, 5) is 26.7. The quantitative estimate of drug-likeness (QED) is 0.597. The number of imidazole rings is 1. The number of aryl methyl sites for hydroxylation is 2. The fourth-order valence-corrected chi connectivity index (χ4v) is 3.37. The van der Waals surface area contributed by atoms with Crippen molar-refractivity contribution in [1.82, 2.24) is 29.5 Å². The number of ether oxygens (including phenoxy) is 1. The summed E-state index contributed by atoms with van der Waals surface area (Å²) >= 11 is 6.20. The molecule has 0 aliphatic carbocycles. The minimum absolute atomic E-state index is 0.218. The zero-order valence-corrected chi connectivity index (χ0v) is 17.0. The van der Waals surface area contributed by atoms with E-state index in [1.165, 1.54) is 0 Å². The summed E-state index contributed by atoms with van der Waals surface area (Å²) in [6.07, 6.45) is 4.63. The maximum absolute atomic E-state index is 6.20. The number of morpholine rings is 1. The van der Waals surface area contributed by atoms with Gasteiger partial charge in [0.05, 0.1) is 19.8 Å². The zero-order chi connectivity index (χ0) is 19.7. The van der Waals surface area contributed by atoms with Gasteiger partial charge in [-0.1, -0.05) is 6.92 Å². The van der Waals surface area contributed by atoms with Crippen molar-refractivity contribution in [2.75, 3.05) is 43.2 Å². The fourth-order valence-electron chi connectivity index (χ4n) is 3.21. The molecule has 28 heavy (non-hydrogen) atoms. The Morgan fingerprint density at radius 2 is 1.86 bits per heavy atom. The van der Waals surface area contributed by atoms with Gasteiger partial charge in [0.2, 0.25) is 11.2 Å². The van der Waals surface area contributed by atoms with E-state index in [0.29, 0.717) is 31.4 Å². The average molecular weight is 403 g/mol. The molecule has 3 aromatic rings. The van der Waals surface area contributed by atoms with Gasteiger partial charge in [-0.05, 0) is 23.6 Å². The third kappa shape index (κ3) is 3.59. The Balaban J connectivity index is 1.66. The van der Waals surface area contributed by atoms with E-state index in [1.54, 1.807) is 0 Å². The third-order valence-corrected chi connectivity index (χ3v) is 5.07. The van der Waals surface area contributed by atoms with E-state index >= 15 is 0 Å². The van der Waals surface area contributed by atoms with Gasteiger partial charge in [-0.2, -0.15) is 9.97 Å². The molecule has 3 aromatic heterocycles. The van der Waals surface area contributed by atoms with Crippen LogP contribution in [0.5, 0.6) is 0 Å². The van der Waals surface area contributed by atoms with Crippen molar-refractivity contribution in [2.45, 2.75) is 19.9 Å². The first-order chi connectivity index (χ1) is 13.6. The molecule has 0 atom stereocenters. The summed E-state index contributed by atoms with van der Waals surface area (Å²) in [5.41, 5.74) is 2.58. The van der Waals surface area contributed by atoms with Gasteiger partial charge < -0.3 is 19.1 Å². The minimum Gasteiger partial charge on any atom is -0.378 e. The summed E-state index contributed by atoms with van der Waals surface area (Å²) in [6.45, 7) is 5.46. The molecular weight excluding hydrogens is 380 g/mol. The van der Waals surface area contributed by atoms with Gasteiger partial charge in [0, 0.05) is 39.6 Å². The minimum atomic E-state index is 0.218. The predicted octanol–water partition coefficient (Wildman–Crippen LogP) is 1.84. The summed E-state index contributed by atoms with van der Waals surface area (Å²) in [5.74, 6) is 2.25. The molecule has 0 amide bonds. The van der Waals surface area contributed by atoms with E-state index in [4.69, 9.17) is 21.3 Å². The molecule has 1 aliphatic rings. The van der Waals surface area contributed by atoms with Crippen LogP contribution in [0, 0.1) is 0 Å². The third-order valence-electron chi connectivity index (χ3n) is 4.90. The second kappa shape index (κ2) is 7.84. The Kier molecular flexibility index (Phi) is 5.27. The molecule has 0 bridgehead atoms. The number of rotatable bonds is 5. The molecule has 0 aromatic carbocycles. The van der Waals surface area contributed by atoms with Gasteiger partial charge in [0.1, 0.15) is 5.82 Å². The van der Waals surface area contributed by atoms with E-state index in [-0.39, 0.29) is 5.28 Å². The molecule has 0 N–H and O–H groups in total. The molecule has 9 nitrogen and oxygen atoms in total. The van der Waals surface area contributed by atoms with Crippen molar-refractivity contribution >= 4 is 34.5 Å². The lowest BCUT2D eigenvalue weighted by molar-refractivity contribution is 0.122. The van der Waals surface area contributed by atoms with Crippen molar-refractivity contribution in [3.63, 3.8) is 0 Å². The maximum atomic E-state index is 6.20. The number of hydrogen-bond donors (Lipinski definition) is 0. The first-order valence-electron chi connectivity index (χ1n) is 9.30. The van der Waals surface area contributed by atoms with Gasteiger partial charge >= 0.3 is 0 Å². The lowest BCUT2D eigenvalue weighted by Crippen LogP contribution is -2.37. The van der Waals surface area contributed by atoms with Crippen LogP contribution in [0.2, 0.25) is 5.28 Å². The Hall–Kier alpha value is -2.52. The van der Waals surface area contributed by atoms with Crippen molar-refractivity contribution in [1.29, 1.82) is 0 Å². The van der Waals surface area contributed by atoms with E-state index < -0.39 is 0 Å². The SMILES string of the molecule is CCc1cnc(N(C)Cc2nc3c(N4CCOCC4)nc(Cl)nc3n2C)nc1. The Morgan fingerprint density at radius 3 is 2.54 bits per heavy atom. The van der Waals surface area contributed by atoms with Crippen molar-refractivity contribution in [2.24, 2.45) is 7.05 Å². The number of hydrogen-bond acceptors (Lipinski definition) is 8. The van der Waals surface area contributed by atoms with Crippen LogP contribution in [0.25, 0.3) is 11.2 Å². The molecule has 4 rings (SSSR count). The Bertz CT molecular complexity index is 968. The first-order valence-corrected chi connectivity index (χ1v) is 9.68. The number of halogens is 1. The summed E-state index contributed by atoms with van der Waals surface area (Å²) in [7, 11) is 3.88. The summed E-state index contributed by atoms with van der Waals surface area (Å²) in [5, 5.41) is 0.218. The van der Waals surface area contributed by atoms with Crippen molar-refractivity contribution in [3.8, 4) is 0 Å². The highest BCUT2D eigenvalue weighted by atomic mass is 35.5. The largest absolute Gasteiger partial charge is 0.378 e. The Morgan fingerprint density at radius 1 is 1.14 bits per heavy atom. The fraction of sp³-hybridized carbons (Fsp3) is 0.500. The monoisotopic (exact) mass is 402 g/mol. The molecule has 0 radical (unpaired) electrons. The topological polar surface area (TPSA) is 85.1 Å². The zero-order valence-electron chi connectivity index (χ0n) is 16.3. The van der Waals surface area contributed by atoms with Crippen LogP contribution in [-0.2, 0) is 24.8 Å². The molecule has 1 aliphatic heterocycles. The number of aromatic nitrogens is 6. The van der Waals surface area contributed by atoms with Crippen LogP contribution < -0.4 is 9.80 Å². The maximum Gasteiger partial charge on any atom is 0.226 e. The standard InChI is InChI=1S/C18H23ClN8O/c1-4-12-9-20-18(21-10-12)25(2)11-13-22-14-15(26(13)3)23-17(19)24-16(14)27-5-7-28-8-6-27/h9-10H,4-8,11H2,1-3H3. The van der Waals surface area contributed by atoms with E-state index in [0.717, 1.165) is 42.2 Å². The number of fused-ring (bicyclic) bond motifs is 1. The van der Waals surface area contributed by atoms with Crippen LogP contribution in [-0.4, -0.2) is 62.8 Å². The van der Waals surface area contributed by atoms with E-state index in [2.05, 4.69) is 31.8 Å². The highest BCUT2D eigenvalue weighted by molar-refractivity contribution is 6.28. The summed E-state index contributed by atoms with van der Waals surface area (Å²) in [6, 6.07) is 0. The summed E-state index contributed by atoms with van der Waals surface area (Å²) < 4.78 is 7.39. The Labute approximate surface area is 168 Å². The van der Waals surface area contributed by atoms with Crippen molar-refractivity contribution < 1.29 is 4.74 Å². The van der Waals surface area contributed by atoms with Crippen LogP contribution in [0.1, 0.15) is 18.3 Å². The van der Waals surface area contributed by atoms with Gasteiger partial charge in [-0.25, -0.2) is 15.0 Å². The highest BCUT2D eigenvalue weighted by Crippen LogP contribution is 2.26. The lowest BCUT2D eigenvalue weighted by atomic mass is 10.3. The van der Waals surface area contributed by atoms with E-state index in [9.17, 15) is 0 Å². The number of nitrogens with zero attached hydrogens (tertiary/aromatic N) is 8. The predicted molar refractivity (Wildman–Crippen MR) is 108 cm³/mol. The van der Waals surface area contributed by atoms with Gasteiger partial charge in [-0.15, -0.1) is 0 Å². The highest BCUT2D eigenvalue weighted by Gasteiger charge is 2.22. The van der Waals surface area contributed by atoms with Crippen LogP contribution in [0.3, 0.4) is 0 Å². The normalized spacial score (nSPS) is 14.6. The molecule has 148 valence electrons. The molecule has 0 spiro atoms. The smallest absolute Gasteiger partial charge is 0.226 e. The van der Waals surface area contributed by atoms with Crippen LogP contribution in [0.4, 0.5) is 11.8 Å². The molecule has 0 unspecified atom stereocenters. The first kappa shape index (κ1) is 18.8. The molecule has 4 heterocycles. The second-order valence-electron chi connectivity index (χ2n) is 6.78. The van der Waals surface area contributed by atoms with Crippen LogP contribution in [0.15, 0.2) is 12.4 Å². The van der Waals surface area contributed by atoms with Gasteiger partial charge in [0.25, 0.3) is 0 Å². The average Bonchev–Trinajstić information content (AvgIpc) is 3.03. The number of anilines is 2. The van der Waals surface area contributed by atoms with Gasteiger partial charge in [0.15, 0.2) is 17.0 Å². The molecule has 0 saturated carbocycles. The van der Waals surface area contributed by atoms with Crippen molar-refractivity contribution in [3.05, 3.63) is 29.1 Å². The van der Waals surface area contributed by atoms with E-state index in [1.807, 2.05) is 36.0 Å². The molecule has 1 saturated heterocycles. The lowest BCUT2D eigenvalue weighted by Gasteiger charge is -2.27. The molecule has 1 fully saturated rings. The molecular formula is C18H23ClN8O. The van der Waals surface area contributed by atoms with Gasteiger partial charge in [-0.3, -0.25) is 0 Å². The van der Waals surface area contributed by atoms with Crippen LogP contribution >= 0.6 is 11.6 Å². The second-order valence-corrected chi connectivity index (χ2v) is 7.11.